The summed E-state index contributed by atoms with van der Waals surface area (Å²) in [6.45, 7) is 2.25. The second kappa shape index (κ2) is 13.6. The van der Waals surface area contributed by atoms with Crippen LogP contribution in [0.15, 0.2) is 36.4 Å². The smallest absolute Gasteiger partial charge is 0.346 e. The lowest BCUT2D eigenvalue weighted by molar-refractivity contribution is 0.0729. The Morgan fingerprint density at radius 1 is 0.794 bits per heavy atom. The fourth-order valence-corrected chi connectivity index (χ4v) is 4.97. The van der Waals surface area contributed by atoms with Crippen LogP contribution in [0.3, 0.4) is 0 Å². The van der Waals surface area contributed by atoms with Crippen molar-refractivity contribution in [3.05, 3.63) is 65.0 Å². The van der Waals surface area contributed by atoms with Crippen LogP contribution < -0.4 is 4.74 Å². The average molecular weight is 475 g/mol. The molecule has 0 N–H and O–H groups in total. The number of hydrogen-bond acceptors (Lipinski definition) is 2. The topological polar surface area (TPSA) is 26.3 Å². The third-order valence-corrected chi connectivity index (χ3v) is 7.13. The number of hydrogen-bond donors (Lipinski definition) is 0. The van der Waals surface area contributed by atoms with E-state index < -0.39 is 23.4 Å². The molecule has 2 aromatic rings. The van der Waals surface area contributed by atoms with Gasteiger partial charge in [0, 0.05) is 6.07 Å². The Morgan fingerprint density at radius 2 is 1.47 bits per heavy atom. The third kappa shape index (κ3) is 8.18. The number of unbranched alkanes of at least 4 members (excludes halogenated alkanes) is 5. The highest BCUT2D eigenvalue weighted by Crippen LogP contribution is 2.34. The van der Waals surface area contributed by atoms with Gasteiger partial charge in [-0.3, -0.25) is 0 Å². The van der Waals surface area contributed by atoms with Crippen LogP contribution in [0.5, 0.6) is 5.75 Å². The molecular formula is C29H37F3O2. The number of carbonyl (C=O) groups excluding carboxylic acids is 1. The van der Waals surface area contributed by atoms with Crippen molar-refractivity contribution in [2.24, 2.45) is 11.8 Å². The van der Waals surface area contributed by atoms with E-state index in [1.165, 1.54) is 82.8 Å². The molecule has 0 aliphatic heterocycles. The SMILES string of the molecule is CCCCCCCCC1CCC(CCc2ccc(C(=O)Oc3ccc(F)c(F)c3)c(F)c2)CC1. The molecule has 186 valence electrons. The average Bonchev–Trinajstić information content (AvgIpc) is 2.83. The lowest BCUT2D eigenvalue weighted by atomic mass is 9.77. The van der Waals surface area contributed by atoms with E-state index in [1.807, 2.05) is 0 Å². The summed E-state index contributed by atoms with van der Waals surface area (Å²) in [5.74, 6) is -2.37. The van der Waals surface area contributed by atoms with Crippen LogP contribution in [0.4, 0.5) is 13.2 Å². The van der Waals surface area contributed by atoms with Crippen LogP contribution in [0, 0.1) is 29.3 Å². The third-order valence-electron chi connectivity index (χ3n) is 7.13. The van der Waals surface area contributed by atoms with Crippen LogP contribution >= 0.6 is 0 Å². The van der Waals surface area contributed by atoms with Gasteiger partial charge in [-0.15, -0.1) is 0 Å². The van der Waals surface area contributed by atoms with E-state index in [2.05, 4.69) is 6.92 Å². The van der Waals surface area contributed by atoms with E-state index in [1.54, 1.807) is 6.07 Å². The molecule has 0 bridgehead atoms. The highest BCUT2D eigenvalue weighted by molar-refractivity contribution is 5.91. The van der Waals surface area contributed by atoms with Gasteiger partial charge in [0.25, 0.3) is 0 Å². The number of esters is 1. The van der Waals surface area contributed by atoms with Crippen LogP contribution in [0.2, 0.25) is 0 Å². The van der Waals surface area contributed by atoms with E-state index >= 15 is 0 Å². The van der Waals surface area contributed by atoms with Crippen molar-refractivity contribution in [2.75, 3.05) is 0 Å². The zero-order chi connectivity index (χ0) is 24.3. The maximum Gasteiger partial charge on any atom is 0.346 e. The standard InChI is InChI=1S/C29H37F3O2/c1-2-3-4-5-6-7-8-21-9-11-22(12-10-21)13-14-23-15-17-25(27(31)19-23)29(33)34-24-16-18-26(30)28(32)20-24/h15-22H,2-14H2,1H3. The molecule has 1 saturated carbocycles. The van der Waals surface area contributed by atoms with Crippen molar-refractivity contribution in [2.45, 2.75) is 90.4 Å². The molecule has 0 amide bonds. The minimum atomic E-state index is -1.13. The summed E-state index contributed by atoms with van der Waals surface area (Å²) in [4.78, 5) is 12.2. The molecule has 3 rings (SSSR count). The van der Waals surface area contributed by atoms with Gasteiger partial charge >= 0.3 is 5.97 Å². The Labute approximate surface area is 201 Å². The Bertz CT molecular complexity index is 920. The molecule has 1 aliphatic carbocycles. The summed E-state index contributed by atoms with van der Waals surface area (Å²) < 4.78 is 45.8. The van der Waals surface area contributed by atoms with Gasteiger partial charge in [0.05, 0.1) is 5.56 Å². The molecule has 0 atom stereocenters. The zero-order valence-electron chi connectivity index (χ0n) is 20.3. The van der Waals surface area contributed by atoms with Crippen molar-refractivity contribution in [1.82, 2.24) is 0 Å². The van der Waals surface area contributed by atoms with Gasteiger partial charge in [-0.25, -0.2) is 18.0 Å². The van der Waals surface area contributed by atoms with Gasteiger partial charge in [0.2, 0.25) is 0 Å². The Kier molecular flexibility index (Phi) is 10.5. The molecule has 0 radical (unpaired) electrons. The highest BCUT2D eigenvalue weighted by Gasteiger charge is 2.21. The van der Waals surface area contributed by atoms with Crippen LogP contribution in [0.1, 0.15) is 99.9 Å². The monoisotopic (exact) mass is 474 g/mol. The van der Waals surface area contributed by atoms with Crippen LogP contribution in [-0.4, -0.2) is 5.97 Å². The number of carbonyl (C=O) groups is 1. The molecule has 0 heterocycles. The van der Waals surface area contributed by atoms with Gasteiger partial charge in [-0.1, -0.05) is 83.6 Å². The summed E-state index contributed by atoms with van der Waals surface area (Å²) in [6.07, 6.45) is 16.4. The predicted molar refractivity (Wildman–Crippen MR) is 129 cm³/mol. The molecule has 1 aliphatic rings. The Hall–Kier alpha value is -2.30. The molecule has 0 saturated heterocycles. The van der Waals surface area contributed by atoms with E-state index in [4.69, 9.17) is 4.74 Å². The summed E-state index contributed by atoms with van der Waals surface area (Å²) >= 11 is 0. The molecular weight excluding hydrogens is 437 g/mol. The first-order chi connectivity index (χ1) is 16.5. The first-order valence-corrected chi connectivity index (χ1v) is 12.9. The van der Waals surface area contributed by atoms with E-state index in [-0.39, 0.29) is 11.3 Å². The second-order valence-corrected chi connectivity index (χ2v) is 9.76. The van der Waals surface area contributed by atoms with Crippen molar-refractivity contribution in [3.63, 3.8) is 0 Å². The molecule has 2 nitrogen and oxygen atoms in total. The van der Waals surface area contributed by atoms with Gasteiger partial charge in [0.1, 0.15) is 11.6 Å². The number of halogens is 3. The minimum absolute atomic E-state index is 0.167. The molecule has 0 spiro atoms. The maximum absolute atomic E-state index is 14.5. The number of benzene rings is 2. The summed E-state index contributed by atoms with van der Waals surface area (Å²) in [5, 5.41) is 0. The van der Waals surface area contributed by atoms with Gasteiger partial charge in [-0.05, 0) is 54.5 Å². The summed E-state index contributed by atoms with van der Waals surface area (Å²) in [5.41, 5.74) is 0.639. The molecule has 0 unspecified atom stereocenters. The number of ether oxygens (including phenoxy) is 1. The number of aryl methyl sites for hydroxylation is 1. The van der Waals surface area contributed by atoms with Crippen molar-refractivity contribution in [1.29, 1.82) is 0 Å². The largest absolute Gasteiger partial charge is 0.423 e. The van der Waals surface area contributed by atoms with Gasteiger partial charge in [0.15, 0.2) is 11.6 Å². The Balaban J connectivity index is 1.39. The summed E-state index contributed by atoms with van der Waals surface area (Å²) in [7, 11) is 0. The fourth-order valence-electron chi connectivity index (χ4n) is 4.97. The Morgan fingerprint density at radius 3 is 2.15 bits per heavy atom. The lowest BCUT2D eigenvalue weighted by Crippen LogP contribution is -2.15. The fraction of sp³-hybridized carbons (Fsp3) is 0.552. The normalized spacial score (nSPS) is 18.1. The first kappa shape index (κ1) is 26.3. The predicted octanol–water partition coefficient (Wildman–Crippen LogP) is 8.81. The number of rotatable bonds is 12. The molecule has 2 aromatic carbocycles. The molecule has 0 aromatic heterocycles. The van der Waals surface area contributed by atoms with Crippen molar-refractivity contribution >= 4 is 5.97 Å². The van der Waals surface area contributed by atoms with E-state index in [0.717, 1.165) is 42.5 Å². The molecule has 34 heavy (non-hydrogen) atoms. The molecule has 5 heteroatoms. The quantitative estimate of drug-likeness (QED) is 0.174. The van der Waals surface area contributed by atoms with Crippen LogP contribution in [0.25, 0.3) is 0 Å². The second-order valence-electron chi connectivity index (χ2n) is 9.76. The van der Waals surface area contributed by atoms with Gasteiger partial charge < -0.3 is 4.74 Å². The minimum Gasteiger partial charge on any atom is -0.423 e. The summed E-state index contributed by atoms with van der Waals surface area (Å²) in [6, 6.07) is 7.29. The van der Waals surface area contributed by atoms with Crippen molar-refractivity contribution < 1.29 is 22.7 Å². The molecule has 1 fully saturated rings. The first-order valence-electron chi connectivity index (χ1n) is 12.9. The van der Waals surface area contributed by atoms with E-state index in [0.29, 0.717) is 5.92 Å². The van der Waals surface area contributed by atoms with Gasteiger partial charge in [-0.2, -0.15) is 0 Å². The lowest BCUT2D eigenvalue weighted by Gasteiger charge is -2.28. The van der Waals surface area contributed by atoms with Crippen LogP contribution in [-0.2, 0) is 6.42 Å². The maximum atomic E-state index is 14.5. The zero-order valence-corrected chi connectivity index (χ0v) is 20.3. The highest BCUT2D eigenvalue weighted by atomic mass is 19.2. The van der Waals surface area contributed by atoms with Crippen molar-refractivity contribution in [3.8, 4) is 5.75 Å². The van der Waals surface area contributed by atoms with E-state index in [9.17, 15) is 18.0 Å².